The predicted octanol–water partition coefficient (Wildman–Crippen LogP) is 2.80. The summed E-state index contributed by atoms with van der Waals surface area (Å²) in [5, 5.41) is 10.5. The molecule has 2 rings (SSSR count). The number of nitrogens with two attached hydrogens (primary N) is 1. The standard InChI is InChI=1S/C14H13N3O2/c15-14-4-2-1-3-12(14)10-16-9-11-5-7-13(8-6-11)17(18)19/h1-9H,10,15H2. The van der Waals surface area contributed by atoms with Gasteiger partial charge in [0.25, 0.3) is 5.69 Å². The Labute approximate surface area is 110 Å². The van der Waals surface area contributed by atoms with Crippen molar-refractivity contribution < 1.29 is 4.92 Å². The fourth-order valence-electron chi connectivity index (χ4n) is 1.61. The Morgan fingerprint density at radius 1 is 1.16 bits per heavy atom. The van der Waals surface area contributed by atoms with Crippen LogP contribution in [0.4, 0.5) is 11.4 Å². The van der Waals surface area contributed by atoms with E-state index in [0.717, 1.165) is 11.1 Å². The average molecular weight is 255 g/mol. The van der Waals surface area contributed by atoms with E-state index < -0.39 is 4.92 Å². The zero-order chi connectivity index (χ0) is 13.7. The Morgan fingerprint density at radius 3 is 2.47 bits per heavy atom. The summed E-state index contributed by atoms with van der Waals surface area (Å²) in [5.74, 6) is 0. The zero-order valence-electron chi connectivity index (χ0n) is 10.2. The van der Waals surface area contributed by atoms with Gasteiger partial charge in [0, 0.05) is 24.0 Å². The van der Waals surface area contributed by atoms with Gasteiger partial charge in [0.2, 0.25) is 0 Å². The zero-order valence-corrected chi connectivity index (χ0v) is 10.2. The monoisotopic (exact) mass is 255 g/mol. The molecule has 0 radical (unpaired) electrons. The number of non-ortho nitro benzene ring substituents is 1. The first-order valence-corrected chi connectivity index (χ1v) is 5.74. The van der Waals surface area contributed by atoms with Gasteiger partial charge in [0.05, 0.1) is 11.5 Å². The maximum Gasteiger partial charge on any atom is 0.269 e. The highest BCUT2D eigenvalue weighted by molar-refractivity contribution is 5.80. The molecule has 2 aromatic carbocycles. The summed E-state index contributed by atoms with van der Waals surface area (Å²) in [5.41, 5.74) is 8.37. The number of nitrogens with zero attached hydrogens (tertiary/aromatic N) is 2. The normalized spacial score (nSPS) is 10.7. The maximum atomic E-state index is 10.5. The number of aliphatic imine (C=N–C) groups is 1. The summed E-state index contributed by atoms with van der Waals surface area (Å²) < 4.78 is 0. The lowest BCUT2D eigenvalue weighted by Gasteiger charge is -2.00. The van der Waals surface area contributed by atoms with Gasteiger partial charge in [0.15, 0.2) is 0 Å². The van der Waals surface area contributed by atoms with Crippen molar-refractivity contribution in [3.63, 3.8) is 0 Å². The first kappa shape index (κ1) is 12.8. The Bertz CT molecular complexity index is 606. The SMILES string of the molecule is Nc1ccccc1CN=Cc1ccc([N+](=O)[O-])cc1. The third-order valence-corrected chi connectivity index (χ3v) is 2.66. The third kappa shape index (κ3) is 3.38. The van der Waals surface area contributed by atoms with Crippen molar-refractivity contribution in [2.45, 2.75) is 6.54 Å². The largest absolute Gasteiger partial charge is 0.398 e. The first-order chi connectivity index (χ1) is 9.16. The average Bonchev–Trinajstić information content (AvgIpc) is 2.41. The molecule has 0 aliphatic heterocycles. The Kier molecular flexibility index (Phi) is 3.87. The lowest BCUT2D eigenvalue weighted by atomic mass is 10.2. The number of nitro groups is 1. The molecule has 0 aliphatic rings. The number of benzene rings is 2. The quantitative estimate of drug-likeness (QED) is 0.394. The molecule has 5 nitrogen and oxygen atoms in total. The van der Waals surface area contributed by atoms with Crippen LogP contribution in [0.1, 0.15) is 11.1 Å². The minimum atomic E-state index is -0.425. The summed E-state index contributed by atoms with van der Waals surface area (Å²) >= 11 is 0. The highest BCUT2D eigenvalue weighted by Crippen LogP contribution is 2.13. The van der Waals surface area contributed by atoms with Gasteiger partial charge in [0.1, 0.15) is 0 Å². The lowest BCUT2D eigenvalue weighted by molar-refractivity contribution is -0.384. The van der Waals surface area contributed by atoms with E-state index in [1.807, 2.05) is 24.3 Å². The fourth-order valence-corrected chi connectivity index (χ4v) is 1.61. The molecule has 5 heteroatoms. The summed E-state index contributed by atoms with van der Waals surface area (Å²) in [6, 6.07) is 13.8. The first-order valence-electron chi connectivity index (χ1n) is 5.74. The smallest absolute Gasteiger partial charge is 0.269 e. The Hall–Kier alpha value is -2.69. The third-order valence-electron chi connectivity index (χ3n) is 2.66. The van der Waals surface area contributed by atoms with Gasteiger partial charge in [-0.15, -0.1) is 0 Å². The molecule has 2 N–H and O–H groups in total. The van der Waals surface area contributed by atoms with E-state index in [-0.39, 0.29) is 5.69 Å². The second-order valence-corrected chi connectivity index (χ2v) is 4.02. The molecule has 0 aliphatic carbocycles. The molecule has 0 atom stereocenters. The summed E-state index contributed by atoms with van der Waals surface area (Å²) in [7, 11) is 0. The number of para-hydroxylation sites is 1. The van der Waals surface area contributed by atoms with Crippen molar-refractivity contribution >= 4 is 17.6 Å². The van der Waals surface area contributed by atoms with Crippen LogP contribution in [0.25, 0.3) is 0 Å². The number of hydrogen-bond donors (Lipinski definition) is 1. The molecule has 96 valence electrons. The van der Waals surface area contributed by atoms with Crippen molar-refractivity contribution in [1.82, 2.24) is 0 Å². The van der Waals surface area contributed by atoms with Crippen LogP contribution in [0.3, 0.4) is 0 Å². The van der Waals surface area contributed by atoms with Gasteiger partial charge in [-0.1, -0.05) is 18.2 Å². The number of nitrogen functional groups attached to an aromatic ring is 1. The molecule has 0 bridgehead atoms. The van der Waals surface area contributed by atoms with Crippen LogP contribution in [-0.2, 0) is 6.54 Å². The molecule has 0 unspecified atom stereocenters. The van der Waals surface area contributed by atoms with Gasteiger partial charge in [-0.2, -0.15) is 0 Å². The van der Waals surface area contributed by atoms with Crippen LogP contribution < -0.4 is 5.73 Å². The van der Waals surface area contributed by atoms with Crippen molar-refractivity contribution in [2.75, 3.05) is 5.73 Å². The van der Waals surface area contributed by atoms with Crippen LogP contribution in [-0.4, -0.2) is 11.1 Å². The topological polar surface area (TPSA) is 81.5 Å². The lowest BCUT2D eigenvalue weighted by Crippen LogP contribution is -1.93. The van der Waals surface area contributed by atoms with E-state index in [1.54, 1.807) is 18.3 Å². The van der Waals surface area contributed by atoms with Gasteiger partial charge in [-0.3, -0.25) is 15.1 Å². The van der Waals surface area contributed by atoms with E-state index in [0.29, 0.717) is 12.2 Å². The molecule has 0 saturated heterocycles. The van der Waals surface area contributed by atoms with Crippen molar-refractivity contribution in [2.24, 2.45) is 4.99 Å². The molecule has 0 spiro atoms. The molecule has 19 heavy (non-hydrogen) atoms. The molecule has 2 aromatic rings. The van der Waals surface area contributed by atoms with Crippen molar-refractivity contribution in [3.05, 3.63) is 69.8 Å². The molecule has 0 saturated carbocycles. The molecule has 0 aromatic heterocycles. The fraction of sp³-hybridized carbons (Fsp3) is 0.0714. The van der Waals surface area contributed by atoms with Gasteiger partial charge < -0.3 is 5.73 Å². The summed E-state index contributed by atoms with van der Waals surface area (Å²) in [6.07, 6.45) is 1.68. The van der Waals surface area contributed by atoms with Crippen LogP contribution in [0.5, 0.6) is 0 Å². The van der Waals surface area contributed by atoms with Crippen LogP contribution in [0, 0.1) is 10.1 Å². The molecule has 0 heterocycles. The minimum Gasteiger partial charge on any atom is -0.398 e. The molecular formula is C14H13N3O2. The van der Waals surface area contributed by atoms with E-state index >= 15 is 0 Å². The minimum absolute atomic E-state index is 0.0736. The highest BCUT2D eigenvalue weighted by Gasteiger charge is 2.02. The van der Waals surface area contributed by atoms with E-state index in [2.05, 4.69) is 4.99 Å². The van der Waals surface area contributed by atoms with Gasteiger partial charge >= 0.3 is 0 Å². The number of rotatable bonds is 4. The van der Waals surface area contributed by atoms with E-state index in [9.17, 15) is 10.1 Å². The number of anilines is 1. The van der Waals surface area contributed by atoms with E-state index in [1.165, 1.54) is 12.1 Å². The Morgan fingerprint density at radius 2 is 1.84 bits per heavy atom. The molecule has 0 amide bonds. The van der Waals surface area contributed by atoms with Crippen LogP contribution >= 0.6 is 0 Å². The van der Waals surface area contributed by atoms with Crippen molar-refractivity contribution in [3.8, 4) is 0 Å². The predicted molar refractivity (Wildman–Crippen MR) is 75.2 cm³/mol. The summed E-state index contributed by atoms with van der Waals surface area (Å²) in [4.78, 5) is 14.4. The highest BCUT2D eigenvalue weighted by atomic mass is 16.6. The second-order valence-electron chi connectivity index (χ2n) is 4.02. The Balaban J connectivity index is 2.03. The number of hydrogen-bond acceptors (Lipinski definition) is 4. The van der Waals surface area contributed by atoms with Gasteiger partial charge in [-0.05, 0) is 29.3 Å². The van der Waals surface area contributed by atoms with Crippen molar-refractivity contribution in [1.29, 1.82) is 0 Å². The second kappa shape index (κ2) is 5.77. The molecule has 0 fully saturated rings. The molecular weight excluding hydrogens is 242 g/mol. The maximum absolute atomic E-state index is 10.5. The van der Waals surface area contributed by atoms with Gasteiger partial charge in [-0.25, -0.2) is 0 Å². The van der Waals surface area contributed by atoms with Crippen LogP contribution in [0.2, 0.25) is 0 Å². The summed E-state index contributed by atoms with van der Waals surface area (Å²) in [6.45, 7) is 0.490. The van der Waals surface area contributed by atoms with E-state index in [4.69, 9.17) is 5.73 Å². The number of nitro benzene ring substituents is 1. The van der Waals surface area contributed by atoms with Crippen LogP contribution in [0.15, 0.2) is 53.5 Å².